The van der Waals surface area contributed by atoms with Crippen LogP contribution in [0.15, 0.2) is 18.2 Å². The first-order chi connectivity index (χ1) is 10.1. The van der Waals surface area contributed by atoms with E-state index >= 15 is 0 Å². The predicted octanol–water partition coefficient (Wildman–Crippen LogP) is 2.70. The number of nitrogen functional groups attached to an aromatic ring is 1. The van der Waals surface area contributed by atoms with Crippen LogP contribution in [-0.4, -0.2) is 21.6 Å². The number of hydrogen-bond donors (Lipinski definition) is 2. The van der Waals surface area contributed by atoms with Gasteiger partial charge in [0.2, 0.25) is 5.95 Å². The van der Waals surface area contributed by atoms with E-state index < -0.39 is 0 Å². The van der Waals surface area contributed by atoms with Gasteiger partial charge in [0, 0.05) is 0 Å². The summed E-state index contributed by atoms with van der Waals surface area (Å²) in [6, 6.07) is 5.59. The van der Waals surface area contributed by atoms with E-state index in [4.69, 9.17) is 26.9 Å². The van der Waals surface area contributed by atoms with Crippen LogP contribution in [-0.2, 0) is 0 Å². The molecular weight excluding hydrogens is 294 g/mol. The van der Waals surface area contributed by atoms with Crippen LogP contribution in [0.25, 0.3) is 0 Å². The van der Waals surface area contributed by atoms with Gasteiger partial charge in [-0.15, -0.1) is 4.98 Å². The van der Waals surface area contributed by atoms with Gasteiger partial charge in [0.25, 0.3) is 0 Å². The standard InChI is InChI=1S/C13H16ClN5O2/c1-3-6-20-12-16-11(19-15)17-13(18-12)21-10-5-4-8(2)7-9(10)14/h4-5,7H,3,6,15H2,1-2H3,(H,16,17,18,19). The van der Waals surface area contributed by atoms with E-state index in [0.29, 0.717) is 17.4 Å². The van der Waals surface area contributed by atoms with Crippen molar-refractivity contribution in [2.24, 2.45) is 5.84 Å². The van der Waals surface area contributed by atoms with Crippen molar-refractivity contribution >= 4 is 17.5 Å². The summed E-state index contributed by atoms with van der Waals surface area (Å²) in [4.78, 5) is 12.0. The van der Waals surface area contributed by atoms with Gasteiger partial charge in [-0.25, -0.2) is 5.84 Å². The molecule has 2 aromatic rings. The smallest absolute Gasteiger partial charge is 0.330 e. The normalized spacial score (nSPS) is 10.3. The molecule has 112 valence electrons. The molecule has 1 aromatic heterocycles. The van der Waals surface area contributed by atoms with Crippen LogP contribution >= 0.6 is 11.6 Å². The number of hydrazine groups is 1. The molecule has 0 aliphatic heterocycles. The number of halogens is 1. The molecule has 2 rings (SSSR count). The van der Waals surface area contributed by atoms with Gasteiger partial charge in [0.1, 0.15) is 5.75 Å². The molecule has 1 heterocycles. The van der Waals surface area contributed by atoms with E-state index in [1.807, 2.05) is 19.9 Å². The van der Waals surface area contributed by atoms with Gasteiger partial charge in [0.05, 0.1) is 11.6 Å². The first kappa shape index (κ1) is 15.3. The summed E-state index contributed by atoms with van der Waals surface area (Å²) in [6.07, 6.45) is 0.830. The molecule has 1 aromatic carbocycles. The van der Waals surface area contributed by atoms with Crippen molar-refractivity contribution in [3.63, 3.8) is 0 Å². The van der Waals surface area contributed by atoms with Crippen molar-refractivity contribution in [1.82, 2.24) is 15.0 Å². The number of anilines is 1. The monoisotopic (exact) mass is 309 g/mol. The molecule has 0 spiro atoms. The number of nitrogens with two attached hydrogens (primary N) is 1. The quantitative estimate of drug-likeness (QED) is 0.625. The van der Waals surface area contributed by atoms with Crippen molar-refractivity contribution in [1.29, 1.82) is 0 Å². The first-order valence-electron chi connectivity index (χ1n) is 6.42. The lowest BCUT2D eigenvalue weighted by Crippen LogP contribution is -2.13. The van der Waals surface area contributed by atoms with Crippen molar-refractivity contribution in [3.8, 4) is 17.8 Å². The van der Waals surface area contributed by atoms with E-state index in [2.05, 4.69) is 20.4 Å². The number of aryl methyl sites for hydroxylation is 1. The maximum absolute atomic E-state index is 6.11. The van der Waals surface area contributed by atoms with E-state index in [9.17, 15) is 0 Å². The molecule has 0 bridgehead atoms. The Balaban J connectivity index is 2.25. The van der Waals surface area contributed by atoms with E-state index in [1.165, 1.54) is 0 Å². The molecule has 0 aliphatic rings. The summed E-state index contributed by atoms with van der Waals surface area (Å²) in [5.74, 6) is 5.91. The fraction of sp³-hybridized carbons (Fsp3) is 0.308. The highest BCUT2D eigenvalue weighted by Gasteiger charge is 2.11. The van der Waals surface area contributed by atoms with E-state index in [-0.39, 0.29) is 18.0 Å². The number of aromatic nitrogens is 3. The van der Waals surface area contributed by atoms with Crippen LogP contribution in [0.5, 0.6) is 17.8 Å². The molecule has 0 unspecified atom stereocenters. The van der Waals surface area contributed by atoms with Gasteiger partial charge >= 0.3 is 12.0 Å². The molecule has 0 saturated heterocycles. The molecule has 0 aliphatic carbocycles. The summed E-state index contributed by atoms with van der Waals surface area (Å²) in [6.45, 7) is 4.40. The summed E-state index contributed by atoms with van der Waals surface area (Å²) in [5, 5.41) is 0.466. The van der Waals surface area contributed by atoms with Crippen LogP contribution in [0, 0.1) is 6.92 Å². The second kappa shape index (κ2) is 7.05. The number of benzene rings is 1. The largest absolute Gasteiger partial charge is 0.463 e. The zero-order valence-corrected chi connectivity index (χ0v) is 12.5. The Labute approximate surface area is 127 Å². The molecule has 0 atom stereocenters. The highest BCUT2D eigenvalue weighted by Crippen LogP contribution is 2.29. The highest BCUT2D eigenvalue weighted by atomic mass is 35.5. The summed E-state index contributed by atoms with van der Waals surface area (Å²) >= 11 is 6.11. The summed E-state index contributed by atoms with van der Waals surface area (Å²) < 4.78 is 10.9. The highest BCUT2D eigenvalue weighted by molar-refractivity contribution is 6.32. The topological polar surface area (TPSA) is 95.2 Å². The van der Waals surface area contributed by atoms with Crippen molar-refractivity contribution in [3.05, 3.63) is 28.8 Å². The predicted molar refractivity (Wildman–Crippen MR) is 79.7 cm³/mol. The molecule has 3 N–H and O–H groups in total. The molecule has 0 saturated carbocycles. The molecule has 0 radical (unpaired) electrons. The Hall–Kier alpha value is -2.12. The maximum atomic E-state index is 6.11. The van der Waals surface area contributed by atoms with Crippen LogP contribution in [0.1, 0.15) is 18.9 Å². The minimum atomic E-state index is 0.0507. The lowest BCUT2D eigenvalue weighted by Gasteiger charge is -2.09. The van der Waals surface area contributed by atoms with Crippen molar-refractivity contribution in [2.45, 2.75) is 20.3 Å². The Bertz CT molecular complexity index is 624. The third-order valence-electron chi connectivity index (χ3n) is 2.45. The molecule has 21 heavy (non-hydrogen) atoms. The number of hydrogen-bond acceptors (Lipinski definition) is 7. The SMILES string of the molecule is CCCOc1nc(NN)nc(Oc2ccc(C)cc2Cl)n1. The number of ether oxygens (including phenoxy) is 2. The number of nitrogens with zero attached hydrogens (tertiary/aromatic N) is 3. The van der Waals surface area contributed by atoms with E-state index in [1.54, 1.807) is 12.1 Å². The van der Waals surface area contributed by atoms with Crippen molar-refractivity contribution < 1.29 is 9.47 Å². The van der Waals surface area contributed by atoms with Gasteiger partial charge in [0.15, 0.2) is 0 Å². The lowest BCUT2D eigenvalue weighted by atomic mass is 10.2. The average molecular weight is 310 g/mol. The number of rotatable bonds is 6. The average Bonchev–Trinajstić information content (AvgIpc) is 2.48. The van der Waals surface area contributed by atoms with Gasteiger partial charge in [-0.3, -0.25) is 5.43 Å². The molecule has 0 amide bonds. The van der Waals surface area contributed by atoms with Crippen molar-refractivity contribution in [2.75, 3.05) is 12.0 Å². The van der Waals surface area contributed by atoms with Gasteiger partial charge in [-0.2, -0.15) is 9.97 Å². The fourth-order valence-electron chi connectivity index (χ4n) is 1.49. The Morgan fingerprint density at radius 2 is 2.00 bits per heavy atom. The molecule has 8 heteroatoms. The third-order valence-corrected chi connectivity index (χ3v) is 2.74. The molecule has 0 fully saturated rings. The minimum absolute atomic E-state index is 0.0507. The van der Waals surface area contributed by atoms with Gasteiger partial charge in [-0.1, -0.05) is 24.6 Å². The first-order valence-corrected chi connectivity index (χ1v) is 6.79. The lowest BCUT2D eigenvalue weighted by molar-refractivity contribution is 0.285. The second-order valence-electron chi connectivity index (χ2n) is 4.25. The summed E-state index contributed by atoms with van der Waals surface area (Å²) in [5.41, 5.74) is 3.37. The maximum Gasteiger partial charge on any atom is 0.330 e. The fourth-order valence-corrected chi connectivity index (χ4v) is 1.77. The zero-order chi connectivity index (χ0) is 15.2. The molecule has 7 nitrogen and oxygen atoms in total. The van der Waals surface area contributed by atoms with Crippen LogP contribution in [0.4, 0.5) is 5.95 Å². The van der Waals surface area contributed by atoms with Crippen LogP contribution < -0.4 is 20.7 Å². The minimum Gasteiger partial charge on any atom is -0.463 e. The second-order valence-corrected chi connectivity index (χ2v) is 4.66. The van der Waals surface area contributed by atoms with Crippen LogP contribution in [0.3, 0.4) is 0 Å². The summed E-state index contributed by atoms with van der Waals surface area (Å²) in [7, 11) is 0. The zero-order valence-electron chi connectivity index (χ0n) is 11.8. The Morgan fingerprint density at radius 1 is 1.24 bits per heavy atom. The molecular formula is C13H16ClN5O2. The van der Waals surface area contributed by atoms with E-state index in [0.717, 1.165) is 12.0 Å². The Kier molecular flexibility index (Phi) is 5.13. The van der Waals surface area contributed by atoms with Crippen LogP contribution in [0.2, 0.25) is 5.02 Å². The number of nitrogens with one attached hydrogen (secondary N) is 1. The Morgan fingerprint density at radius 3 is 2.67 bits per heavy atom. The third kappa shape index (κ3) is 4.17. The van der Waals surface area contributed by atoms with Gasteiger partial charge in [-0.05, 0) is 31.0 Å². The van der Waals surface area contributed by atoms with Gasteiger partial charge < -0.3 is 9.47 Å².